The number of hydrogen-bond donors (Lipinski definition) is 0. The van der Waals surface area contributed by atoms with Gasteiger partial charge in [0.2, 0.25) is 5.91 Å². The Kier molecular flexibility index (Phi) is 2.96. The van der Waals surface area contributed by atoms with Crippen LogP contribution in [0.5, 0.6) is 0 Å². The average Bonchev–Trinajstić information content (AvgIpc) is 2.91. The van der Waals surface area contributed by atoms with Crippen molar-refractivity contribution in [2.24, 2.45) is 0 Å². The molecule has 1 amide bonds. The number of fused-ring (bicyclic) bond motifs is 1. The summed E-state index contributed by atoms with van der Waals surface area (Å²) in [6, 6.07) is -1.00. The molecule has 3 heterocycles. The third-order valence-corrected chi connectivity index (χ3v) is 3.29. The summed E-state index contributed by atoms with van der Waals surface area (Å²) in [4.78, 5) is 28.6. The van der Waals surface area contributed by atoms with E-state index in [1.165, 1.54) is 23.0 Å². The molecular formula is C11H10F3N5O2. The molecule has 2 aromatic rings. The molecule has 0 aromatic carbocycles. The lowest BCUT2D eigenvalue weighted by Crippen LogP contribution is -2.38. The van der Waals surface area contributed by atoms with Crippen LogP contribution in [0.25, 0.3) is 5.65 Å². The van der Waals surface area contributed by atoms with E-state index in [1.54, 1.807) is 0 Å². The second kappa shape index (κ2) is 4.57. The SMILES string of the molecule is O=C1C(n2nc3cnccn3c2=O)CCN1CC(F)(F)F. The van der Waals surface area contributed by atoms with Crippen LogP contribution in [0.1, 0.15) is 12.5 Å². The summed E-state index contributed by atoms with van der Waals surface area (Å²) < 4.78 is 39.2. The molecule has 112 valence electrons. The molecule has 1 aliphatic rings. The predicted molar refractivity (Wildman–Crippen MR) is 63.5 cm³/mol. The number of nitrogens with zero attached hydrogens (tertiary/aromatic N) is 5. The lowest BCUT2D eigenvalue weighted by Gasteiger charge is -2.18. The minimum atomic E-state index is -4.46. The molecule has 1 atom stereocenters. The molecule has 10 heteroatoms. The van der Waals surface area contributed by atoms with Crippen molar-refractivity contribution >= 4 is 11.6 Å². The fourth-order valence-corrected chi connectivity index (χ4v) is 2.38. The number of hydrogen-bond acceptors (Lipinski definition) is 4. The van der Waals surface area contributed by atoms with E-state index in [-0.39, 0.29) is 18.6 Å². The van der Waals surface area contributed by atoms with Crippen LogP contribution in [0, 0.1) is 0 Å². The molecular weight excluding hydrogens is 291 g/mol. The minimum absolute atomic E-state index is 0.0540. The summed E-state index contributed by atoms with van der Waals surface area (Å²) in [6.07, 6.45) is -0.240. The van der Waals surface area contributed by atoms with Crippen molar-refractivity contribution in [2.45, 2.75) is 18.6 Å². The van der Waals surface area contributed by atoms with E-state index in [1.807, 2.05) is 0 Å². The van der Waals surface area contributed by atoms with Gasteiger partial charge in [0.1, 0.15) is 12.6 Å². The summed E-state index contributed by atoms with van der Waals surface area (Å²) >= 11 is 0. The molecule has 3 rings (SSSR count). The van der Waals surface area contributed by atoms with E-state index in [0.717, 1.165) is 4.68 Å². The Balaban J connectivity index is 1.92. The predicted octanol–water partition coefficient (Wildman–Crippen LogP) is 0.227. The summed E-state index contributed by atoms with van der Waals surface area (Å²) in [5, 5.41) is 3.95. The Labute approximate surface area is 115 Å². The maximum atomic E-state index is 12.4. The minimum Gasteiger partial charge on any atom is -0.332 e. The van der Waals surface area contributed by atoms with Gasteiger partial charge in [-0.25, -0.2) is 9.20 Å². The Morgan fingerprint density at radius 1 is 1.33 bits per heavy atom. The van der Waals surface area contributed by atoms with E-state index in [0.29, 0.717) is 4.90 Å². The van der Waals surface area contributed by atoms with Gasteiger partial charge >= 0.3 is 11.9 Å². The van der Waals surface area contributed by atoms with Gasteiger partial charge < -0.3 is 4.90 Å². The number of carbonyl (C=O) groups is 1. The fraction of sp³-hybridized carbons (Fsp3) is 0.455. The number of amides is 1. The zero-order valence-corrected chi connectivity index (χ0v) is 10.6. The third kappa shape index (κ3) is 2.36. The van der Waals surface area contributed by atoms with Crippen molar-refractivity contribution in [1.82, 2.24) is 24.1 Å². The molecule has 1 saturated heterocycles. The molecule has 1 unspecified atom stereocenters. The number of carbonyl (C=O) groups excluding carboxylic acids is 1. The van der Waals surface area contributed by atoms with Crippen molar-refractivity contribution < 1.29 is 18.0 Å². The molecule has 0 aliphatic carbocycles. The first-order valence-electron chi connectivity index (χ1n) is 6.13. The summed E-state index contributed by atoms with van der Waals surface area (Å²) in [5.74, 6) is -0.745. The second-order valence-electron chi connectivity index (χ2n) is 4.71. The van der Waals surface area contributed by atoms with E-state index >= 15 is 0 Å². The zero-order chi connectivity index (χ0) is 15.2. The fourth-order valence-electron chi connectivity index (χ4n) is 2.38. The van der Waals surface area contributed by atoms with Crippen LogP contribution in [-0.2, 0) is 4.79 Å². The van der Waals surface area contributed by atoms with Gasteiger partial charge in [0.05, 0.1) is 6.20 Å². The van der Waals surface area contributed by atoms with Gasteiger partial charge in [0.15, 0.2) is 5.65 Å². The Hall–Kier alpha value is -2.39. The number of rotatable bonds is 2. The van der Waals surface area contributed by atoms with Crippen molar-refractivity contribution in [1.29, 1.82) is 0 Å². The number of likely N-dealkylation sites (tertiary alicyclic amines) is 1. The maximum absolute atomic E-state index is 12.4. The molecule has 0 spiro atoms. The first-order valence-corrected chi connectivity index (χ1v) is 6.13. The average molecular weight is 301 g/mol. The molecule has 0 saturated carbocycles. The highest BCUT2D eigenvalue weighted by atomic mass is 19.4. The van der Waals surface area contributed by atoms with Crippen LogP contribution in [-0.4, -0.2) is 49.2 Å². The molecule has 1 aliphatic heterocycles. The lowest BCUT2D eigenvalue weighted by atomic mass is 10.2. The molecule has 0 bridgehead atoms. The smallest absolute Gasteiger partial charge is 0.332 e. The highest BCUT2D eigenvalue weighted by Crippen LogP contribution is 2.25. The standard InChI is InChI=1S/C11H10F3N5O2/c12-11(13,14)6-17-3-1-7(9(17)20)19-10(21)18-4-2-15-5-8(18)16-19/h2,4-5,7H,1,3,6H2. The van der Waals surface area contributed by atoms with Gasteiger partial charge in [-0.3, -0.25) is 9.78 Å². The summed E-state index contributed by atoms with van der Waals surface area (Å²) in [7, 11) is 0. The van der Waals surface area contributed by atoms with Crippen molar-refractivity contribution in [2.75, 3.05) is 13.1 Å². The Morgan fingerprint density at radius 2 is 2.10 bits per heavy atom. The lowest BCUT2D eigenvalue weighted by molar-refractivity contribution is -0.158. The molecule has 7 nitrogen and oxygen atoms in total. The monoisotopic (exact) mass is 301 g/mol. The second-order valence-corrected chi connectivity index (χ2v) is 4.71. The first kappa shape index (κ1) is 13.6. The highest BCUT2D eigenvalue weighted by Gasteiger charge is 2.41. The molecule has 0 N–H and O–H groups in total. The van der Waals surface area contributed by atoms with E-state index in [4.69, 9.17) is 0 Å². The van der Waals surface area contributed by atoms with Crippen molar-refractivity contribution in [3.63, 3.8) is 0 Å². The van der Waals surface area contributed by atoms with Gasteiger partial charge in [0, 0.05) is 18.9 Å². The quantitative estimate of drug-likeness (QED) is 0.796. The van der Waals surface area contributed by atoms with Crippen LogP contribution < -0.4 is 5.69 Å². The van der Waals surface area contributed by atoms with Gasteiger partial charge in [-0.15, -0.1) is 5.10 Å². The van der Waals surface area contributed by atoms with Crippen LogP contribution in [0.4, 0.5) is 13.2 Å². The first-order chi connectivity index (χ1) is 9.87. The Bertz CT molecular complexity index is 750. The van der Waals surface area contributed by atoms with Crippen LogP contribution >= 0.6 is 0 Å². The maximum Gasteiger partial charge on any atom is 0.406 e. The van der Waals surface area contributed by atoms with Gasteiger partial charge in [0.25, 0.3) is 0 Å². The van der Waals surface area contributed by atoms with Gasteiger partial charge in [-0.1, -0.05) is 0 Å². The van der Waals surface area contributed by atoms with Gasteiger partial charge in [-0.05, 0) is 6.42 Å². The largest absolute Gasteiger partial charge is 0.406 e. The highest BCUT2D eigenvalue weighted by molar-refractivity contribution is 5.82. The molecule has 21 heavy (non-hydrogen) atoms. The van der Waals surface area contributed by atoms with E-state index < -0.39 is 30.4 Å². The normalized spacial score (nSPS) is 19.7. The zero-order valence-electron chi connectivity index (χ0n) is 10.6. The molecule has 2 aromatic heterocycles. The number of halogens is 3. The number of aromatic nitrogens is 4. The van der Waals surface area contributed by atoms with Crippen molar-refractivity contribution in [3.05, 3.63) is 29.1 Å². The third-order valence-electron chi connectivity index (χ3n) is 3.29. The number of alkyl halides is 3. The summed E-state index contributed by atoms with van der Waals surface area (Å²) in [5.41, 5.74) is -0.329. The van der Waals surface area contributed by atoms with E-state index in [2.05, 4.69) is 10.1 Å². The van der Waals surface area contributed by atoms with Gasteiger partial charge in [-0.2, -0.15) is 17.9 Å². The molecule has 0 radical (unpaired) electrons. The van der Waals surface area contributed by atoms with Crippen LogP contribution in [0.2, 0.25) is 0 Å². The Morgan fingerprint density at radius 3 is 2.76 bits per heavy atom. The molecule has 1 fully saturated rings. The van der Waals surface area contributed by atoms with Crippen LogP contribution in [0.3, 0.4) is 0 Å². The summed E-state index contributed by atoms with van der Waals surface area (Å²) in [6.45, 7) is -1.37. The topological polar surface area (TPSA) is 72.5 Å². The van der Waals surface area contributed by atoms with E-state index in [9.17, 15) is 22.8 Å². The van der Waals surface area contributed by atoms with Crippen molar-refractivity contribution in [3.8, 4) is 0 Å². The van der Waals surface area contributed by atoms with Crippen LogP contribution in [0.15, 0.2) is 23.4 Å².